The molecule has 1 atom stereocenters. The first-order valence-corrected chi connectivity index (χ1v) is 8.98. The molecule has 112 valence electrons. The fraction of sp³-hybridized carbons (Fsp3) is 0.647. The fourth-order valence-electron chi connectivity index (χ4n) is 2.70. The molecule has 0 amide bonds. The number of nitrogens with two attached hydrogens (primary N) is 1. The van der Waals surface area contributed by atoms with Crippen LogP contribution in [-0.4, -0.2) is 30.3 Å². The van der Waals surface area contributed by atoms with Crippen molar-refractivity contribution in [2.45, 2.75) is 50.1 Å². The van der Waals surface area contributed by atoms with Crippen LogP contribution in [0.4, 0.5) is 0 Å². The normalized spacial score (nSPS) is 16.9. The summed E-state index contributed by atoms with van der Waals surface area (Å²) >= 11 is 1.79. The van der Waals surface area contributed by atoms with Gasteiger partial charge >= 0.3 is 0 Å². The number of benzene rings is 1. The van der Waals surface area contributed by atoms with E-state index in [0.29, 0.717) is 12.6 Å². The molecule has 0 heterocycles. The van der Waals surface area contributed by atoms with Crippen molar-refractivity contribution >= 4 is 11.8 Å². The summed E-state index contributed by atoms with van der Waals surface area (Å²) in [6.45, 7) is 6.49. The lowest BCUT2D eigenvalue weighted by Gasteiger charge is -2.32. The Hall–Kier alpha value is -0.510. The standard InChI is InChI=1S/C17H28N2S/c1-13(2)10-11-19(15-6-7-15)17(12-18)14-4-8-16(20-3)9-5-14/h4-5,8-9,13,15,17H,6-7,10-12,18H2,1-3H3. The van der Waals surface area contributed by atoms with Crippen molar-refractivity contribution in [2.24, 2.45) is 11.7 Å². The summed E-state index contributed by atoms with van der Waals surface area (Å²) in [5.41, 5.74) is 7.48. The van der Waals surface area contributed by atoms with Gasteiger partial charge in [-0.05, 0) is 55.7 Å². The van der Waals surface area contributed by atoms with Crippen molar-refractivity contribution in [2.75, 3.05) is 19.3 Å². The number of thioether (sulfide) groups is 1. The van der Waals surface area contributed by atoms with Gasteiger partial charge in [0, 0.05) is 23.5 Å². The van der Waals surface area contributed by atoms with Crippen molar-refractivity contribution in [3.8, 4) is 0 Å². The number of hydrogen-bond acceptors (Lipinski definition) is 3. The highest BCUT2D eigenvalue weighted by molar-refractivity contribution is 7.98. The van der Waals surface area contributed by atoms with E-state index in [-0.39, 0.29) is 0 Å². The molecule has 0 radical (unpaired) electrons. The average molecular weight is 292 g/mol. The Morgan fingerprint density at radius 3 is 2.35 bits per heavy atom. The van der Waals surface area contributed by atoms with Gasteiger partial charge in [0.15, 0.2) is 0 Å². The first kappa shape index (κ1) is 15.9. The second-order valence-electron chi connectivity index (χ2n) is 6.18. The van der Waals surface area contributed by atoms with Crippen LogP contribution in [0, 0.1) is 5.92 Å². The Morgan fingerprint density at radius 1 is 1.25 bits per heavy atom. The molecule has 1 aliphatic rings. The second-order valence-corrected chi connectivity index (χ2v) is 7.06. The molecule has 1 aromatic carbocycles. The summed E-state index contributed by atoms with van der Waals surface area (Å²) in [7, 11) is 0. The van der Waals surface area contributed by atoms with Crippen LogP contribution in [-0.2, 0) is 0 Å². The van der Waals surface area contributed by atoms with E-state index < -0.39 is 0 Å². The van der Waals surface area contributed by atoms with Crippen molar-refractivity contribution in [3.63, 3.8) is 0 Å². The lowest BCUT2D eigenvalue weighted by molar-refractivity contribution is 0.181. The van der Waals surface area contributed by atoms with Crippen LogP contribution < -0.4 is 5.73 Å². The molecule has 2 N–H and O–H groups in total. The quantitative estimate of drug-likeness (QED) is 0.736. The highest BCUT2D eigenvalue weighted by Gasteiger charge is 2.33. The predicted molar refractivity (Wildman–Crippen MR) is 89.2 cm³/mol. The molecule has 1 aromatic rings. The van der Waals surface area contributed by atoms with E-state index in [1.807, 2.05) is 0 Å². The summed E-state index contributed by atoms with van der Waals surface area (Å²) in [5, 5.41) is 0. The van der Waals surface area contributed by atoms with Crippen LogP contribution in [0.2, 0.25) is 0 Å². The Balaban J connectivity index is 2.09. The van der Waals surface area contributed by atoms with Gasteiger partial charge in [0.25, 0.3) is 0 Å². The molecule has 0 saturated heterocycles. The van der Waals surface area contributed by atoms with Crippen molar-refractivity contribution in [1.29, 1.82) is 0 Å². The summed E-state index contributed by atoms with van der Waals surface area (Å²) < 4.78 is 0. The number of hydrogen-bond donors (Lipinski definition) is 1. The monoisotopic (exact) mass is 292 g/mol. The highest BCUT2D eigenvalue weighted by Crippen LogP contribution is 2.35. The lowest BCUT2D eigenvalue weighted by atomic mass is 10.0. The SMILES string of the molecule is CSc1ccc(C(CN)N(CCC(C)C)C2CC2)cc1. The zero-order valence-electron chi connectivity index (χ0n) is 13.0. The minimum Gasteiger partial charge on any atom is -0.329 e. The van der Waals surface area contributed by atoms with E-state index in [1.54, 1.807) is 11.8 Å². The van der Waals surface area contributed by atoms with Crippen LogP contribution in [0.25, 0.3) is 0 Å². The van der Waals surface area contributed by atoms with Gasteiger partial charge in [-0.25, -0.2) is 0 Å². The molecule has 20 heavy (non-hydrogen) atoms. The van der Waals surface area contributed by atoms with Crippen LogP contribution >= 0.6 is 11.8 Å². The highest BCUT2D eigenvalue weighted by atomic mass is 32.2. The maximum atomic E-state index is 6.10. The zero-order chi connectivity index (χ0) is 14.5. The van der Waals surface area contributed by atoms with Crippen LogP contribution in [0.3, 0.4) is 0 Å². The molecule has 1 saturated carbocycles. The zero-order valence-corrected chi connectivity index (χ0v) is 13.8. The molecule has 2 rings (SSSR count). The lowest BCUT2D eigenvalue weighted by Crippen LogP contribution is -2.36. The summed E-state index contributed by atoms with van der Waals surface area (Å²) in [6.07, 6.45) is 6.07. The van der Waals surface area contributed by atoms with Gasteiger partial charge in [0.1, 0.15) is 0 Å². The van der Waals surface area contributed by atoms with E-state index in [4.69, 9.17) is 5.73 Å². The van der Waals surface area contributed by atoms with Crippen LogP contribution in [0.15, 0.2) is 29.2 Å². The second kappa shape index (κ2) is 7.48. The molecule has 0 bridgehead atoms. The molecule has 0 aliphatic heterocycles. The summed E-state index contributed by atoms with van der Waals surface area (Å²) in [4.78, 5) is 3.97. The molecular formula is C17H28N2S. The average Bonchev–Trinajstić information content (AvgIpc) is 3.28. The van der Waals surface area contributed by atoms with Crippen LogP contribution in [0.5, 0.6) is 0 Å². The van der Waals surface area contributed by atoms with E-state index in [2.05, 4.69) is 49.3 Å². The maximum Gasteiger partial charge on any atom is 0.0473 e. The van der Waals surface area contributed by atoms with E-state index in [1.165, 1.54) is 36.3 Å². The molecular weight excluding hydrogens is 264 g/mol. The number of nitrogens with zero attached hydrogens (tertiary/aromatic N) is 1. The molecule has 0 spiro atoms. The predicted octanol–water partition coefficient (Wildman–Crippen LogP) is 3.92. The van der Waals surface area contributed by atoms with Gasteiger partial charge in [-0.15, -0.1) is 11.8 Å². The molecule has 3 heteroatoms. The van der Waals surface area contributed by atoms with Gasteiger partial charge < -0.3 is 5.73 Å². The van der Waals surface area contributed by atoms with Crippen molar-refractivity contribution < 1.29 is 0 Å². The summed E-state index contributed by atoms with van der Waals surface area (Å²) in [5.74, 6) is 0.758. The molecule has 2 nitrogen and oxygen atoms in total. The van der Waals surface area contributed by atoms with E-state index in [0.717, 1.165) is 12.0 Å². The largest absolute Gasteiger partial charge is 0.329 e. The van der Waals surface area contributed by atoms with Gasteiger partial charge in [0.05, 0.1) is 0 Å². The maximum absolute atomic E-state index is 6.10. The Labute approximate surface area is 128 Å². The van der Waals surface area contributed by atoms with Crippen LogP contribution in [0.1, 0.15) is 44.7 Å². The number of rotatable bonds is 8. The third-order valence-electron chi connectivity index (χ3n) is 4.10. The third kappa shape index (κ3) is 4.24. The third-order valence-corrected chi connectivity index (χ3v) is 4.85. The van der Waals surface area contributed by atoms with Gasteiger partial charge in [-0.2, -0.15) is 0 Å². The minimum absolute atomic E-state index is 0.386. The topological polar surface area (TPSA) is 29.3 Å². The first-order valence-electron chi connectivity index (χ1n) is 7.75. The summed E-state index contributed by atoms with van der Waals surface area (Å²) in [6, 6.07) is 10.1. The smallest absolute Gasteiger partial charge is 0.0473 e. The Morgan fingerprint density at radius 2 is 1.90 bits per heavy atom. The molecule has 0 aromatic heterocycles. The van der Waals surface area contributed by atoms with E-state index in [9.17, 15) is 0 Å². The minimum atomic E-state index is 0.386. The van der Waals surface area contributed by atoms with Gasteiger partial charge in [0.2, 0.25) is 0 Å². The molecule has 1 aliphatic carbocycles. The fourth-order valence-corrected chi connectivity index (χ4v) is 3.10. The van der Waals surface area contributed by atoms with Gasteiger partial charge in [-0.3, -0.25) is 4.90 Å². The van der Waals surface area contributed by atoms with Gasteiger partial charge in [-0.1, -0.05) is 26.0 Å². The van der Waals surface area contributed by atoms with Crippen molar-refractivity contribution in [3.05, 3.63) is 29.8 Å². The molecule has 1 unspecified atom stereocenters. The molecule has 1 fully saturated rings. The Bertz CT molecular complexity index is 398. The van der Waals surface area contributed by atoms with E-state index >= 15 is 0 Å². The first-order chi connectivity index (χ1) is 9.65. The Kier molecular flexibility index (Phi) is 5.94. The van der Waals surface area contributed by atoms with Crippen molar-refractivity contribution in [1.82, 2.24) is 4.90 Å².